The number of rotatable bonds is 1. The minimum atomic E-state index is -0.764. The van der Waals surface area contributed by atoms with Crippen molar-refractivity contribution < 1.29 is 9.18 Å². The van der Waals surface area contributed by atoms with Gasteiger partial charge in [0.1, 0.15) is 5.82 Å². The summed E-state index contributed by atoms with van der Waals surface area (Å²) in [4.78, 5) is 11.0. The van der Waals surface area contributed by atoms with Crippen LogP contribution in [0.1, 0.15) is 36.7 Å². The van der Waals surface area contributed by atoms with Crippen LogP contribution in [0.4, 0.5) is 4.39 Å². The van der Waals surface area contributed by atoms with Crippen molar-refractivity contribution in [1.82, 2.24) is 0 Å². The van der Waals surface area contributed by atoms with E-state index in [1.54, 1.807) is 6.07 Å². The molecule has 0 radical (unpaired) electrons. The largest absolute Gasteiger partial charge is 0.365 e. The molecule has 15 heavy (non-hydrogen) atoms. The fourth-order valence-electron chi connectivity index (χ4n) is 1.24. The Bertz CT molecular complexity index is 387. The first-order valence-corrected chi connectivity index (χ1v) is 5.32. The normalized spacial score (nSPS) is 11.5. The number of halogens is 2. The molecule has 2 N–H and O–H groups in total. The van der Waals surface area contributed by atoms with Crippen molar-refractivity contribution in [3.05, 3.63) is 33.5 Å². The molecular formula is C11H13BrFNO. The third-order valence-electron chi connectivity index (χ3n) is 2.15. The van der Waals surface area contributed by atoms with Crippen molar-refractivity contribution in [2.75, 3.05) is 0 Å². The van der Waals surface area contributed by atoms with Gasteiger partial charge in [-0.05, 0) is 39.0 Å². The summed E-state index contributed by atoms with van der Waals surface area (Å²) in [5, 5.41) is 0. The van der Waals surface area contributed by atoms with Gasteiger partial charge in [0.05, 0.1) is 5.56 Å². The summed E-state index contributed by atoms with van der Waals surface area (Å²) in [5.41, 5.74) is 5.62. The van der Waals surface area contributed by atoms with E-state index in [0.717, 1.165) is 5.56 Å². The van der Waals surface area contributed by atoms with E-state index in [2.05, 4.69) is 15.9 Å². The van der Waals surface area contributed by atoms with E-state index in [9.17, 15) is 9.18 Å². The van der Waals surface area contributed by atoms with Gasteiger partial charge in [-0.25, -0.2) is 4.39 Å². The SMILES string of the molecule is CC(C)(C)c1cc(F)c(C(N)=O)c(Br)c1. The molecule has 0 atom stereocenters. The van der Waals surface area contributed by atoms with E-state index in [-0.39, 0.29) is 11.0 Å². The van der Waals surface area contributed by atoms with Crippen LogP contribution in [-0.2, 0) is 5.41 Å². The van der Waals surface area contributed by atoms with Crippen LogP contribution in [0.25, 0.3) is 0 Å². The van der Waals surface area contributed by atoms with Gasteiger partial charge in [-0.3, -0.25) is 4.79 Å². The molecule has 0 saturated carbocycles. The summed E-state index contributed by atoms with van der Waals surface area (Å²) in [6, 6.07) is 3.08. The fraction of sp³-hybridized carbons (Fsp3) is 0.364. The minimum absolute atomic E-state index is 0.0944. The van der Waals surface area contributed by atoms with Crippen LogP contribution in [0.5, 0.6) is 0 Å². The van der Waals surface area contributed by atoms with E-state index in [0.29, 0.717) is 4.47 Å². The standard InChI is InChI=1S/C11H13BrFNO/c1-11(2,3)6-4-7(12)9(10(14)15)8(13)5-6/h4-5H,1-3H3,(H2,14,15). The number of primary amides is 1. The Morgan fingerprint density at radius 2 is 1.93 bits per heavy atom. The highest BCUT2D eigenvalue weighted by atomic mass is 79.9. The summed E-state index contributed by atoms with van der Waals surface area (Å²) < 4.78 is 14.0. The summed E-state index contributed by atoms with van der Waals surface area (Å²) in [6.45, 7) is 5.91. The van der Waals surface area contributed by atoms with Crippen molar-refractivity contribution in [3.8, 4) is 0 Å². The van der Waals surface area contributed by atoms with E-state index in [1.165, 1.54) is 6.07 Å². The van der Waals surface area contributed by atoms with Gasteiger partial charge >= 0.3 is 0 Å². The number of hydrogen-bond acceptors (Lipinski definition) is 1. The Hall–Kier alpha value is -0.900. The lowest BCUT2D eigenvalue weighted by Gasteiger charge is -2.20. The van der Waals surface area contributed by atoms with Crippen molar-refractivity contribution in [2.45, 2.75) is 26.2 Å². The molecule has 0 spiro atoms. The average molecular weight is 274 g/mol. The summed E-state index contributed by atoms with van der Waals surface area (Å²) in [6.07, 6.45) is 0. The van der Waals surface area contributed by atoms with Crippen LogP contribution < -0.4 is 5.73 Å². The number of amides is 1. The second kappa shape index (κ2) is 3.93. The maximum absolute atomic E-state index is 13.6. The Balaban J connectivity index is 3.39. The Morgan fingerprint density at radius 1 is 1.40 bits per heavy atom. The van der Waals surface area contributed by atoms with Gasteiger partial charge in [0, 0.05) is 4.47 Å². The zero-order valence-electron chi connectivity index (χ0n) is 8.90. The number of carbonyl (C=O) groups excluding carboxylic acids is 1. The lowest BCUT2D eigenvalue weighted by molar-refractivity contribution is 0.0995. The van der Waals surface area contributed by atoms with Crippen molar-refractivity contribution in [3.63, 3.8) is 0 Å². The third kappa shape index (κ3) is 2.56. The minimum Gasteiger partial charge on any atom is -0.365 e. The molecule has 4 heteroatoms. The lowest BCUT2D eigenvalue weighted by atomic mass is 9.86. The second-order valence-electron chi connectivity index (χ2n) is 4.43. The number of hydrogen-bond donors (Lipinski definition) is 1. The third-order valence-corrected chi connectivity index (χ3v) is 2.78. The van der Waals surface area contributed by atoms with Crippen LogP contribution in [-0.4, -0.2) is 5.91 Å². The molecule has 0 bridgehead atoms. The first kappa shape index (κ1) is 12.2. The maximum Gasteiger partial charge on any atom is 0.252 e. The van der Waals surface area contributed by atoms with Gasteiger partial charge in [0.15, 0.2) is 0 Å². The van der Waals surface area contributed by atoms with Crippen molar-refractivity contribution in [2.24, 2.45) is 5.73 Å². The topological polar surface area (TPSA) is 43.1 Å². The van der Waals surface area contributed by atoms with E-state index >= 15 is 0 Å². The molecule has 1 aromatic carbocycles. The van der Waals surface area contributed by atoms with E-state index < -0.39 is 11.7 Å². The molecule has 0 aliphatic rings. The molecule has 0 saturated heterocycles. The van der Waals surface area contributed by atoms with Gasteiger partial charge in [0.25, 0.3) is 5.91 Å². The van der Waals surface area contributed by atoms with E-state index in [1.807, 2.05) is 20.8 Å². The molecule has 1 amide bonds. The predicted molar refractivity (Wildman–Crippen MR) is 61.3 cm³/mol. The molecule has 0 aromatic heterocycles. The molecule has 1 aromatic rings. The molecule has 1 rings (SSSR count). The average Bonchev–Trinajstić information content (AvgIpc) is 1.99. The van der Waals surface area contributed by atoms with Gasteiger partial charge < -0.3 is 5.73 Å². The Labute approximate surface area is 96.8 Å². The van der Waals surface area contributed by atoms with Crippen LogP contribution >= 0.6 is 15.9 Å². The highest BCUT2D eigenvalue weighted by Crippen LogP contribution is 2.29. The molecular weight excluding hydrogens is 261 g/mol. The summed E-state index contributed by atoms with van der Waals surface area (Å²) in [7, 11) is 0. The Kier molecular flexibility index (Phi) is 3.19. The smallest absolute Gasteiger partial charge is 0.252 e. The molecule has 2 nitrogen and oxygen atoms in total. The maximum atomic E-state index is 13.6. The predicted octanol–water partition coefficient (Wildman–Crippen LogP) is 2.98. The zero-order chi connectivity index (χ0) is 11.8. The molecule has 0 unspecified atom stereocenters. The first-order chi connectivity index (χ1) is 6.73. The van der Waals surface area contributed by atoms with Crippen LogP contribution in [0.15, 0.2) is 16.6 Å². The van der Waals surface area contributed by atoms with Gasteiger partial charge in [-0.15, -0.1) is 0 Å². The summed E-state index contributed by atoms with van der Waals surface area (Å²) in [5.74, 6) is -1.35. The highest BCUT2D eigenvalue weighted by molar-refractivity contribution is 9.10. The molecule has 0 heterocycles. The van der Waals surface area contributed by atoms with E-state index in [4.69, 9.17) is 5.73 Å². The number of carbonyl (C=O) groups is 1. The second-order valence-corrected chi connectivity index (χ2v) is 5.28. The lowest BCUT2D eigenvalue weighted by Crippen LogP contribution is -2.17. The zero-order valence-corrected chi connectivity index (χ0v) is 10.5. The van der Waals surface area contributed by atoms with Crippen LogP contribution in [0.3, 0.4) is 0 Å². The highest BCUT2D eigenvalue weighted by Gasteiger charge is 2.20. The summed E-state index contributed by atoms with van der Waals surface area (Å²) >= 11 is 3.15. The number of benzene rings is 1. The first-order valence-electron chi connectivity index (χ1n) is 4.53. The molecule has 0 aliphatic carbocycles. The molecule has 82 valence electrons. The Morgan fingerprint density at radius 3 is 2.27 bits per heavy atom. The molecule has 0 aliphatic heterocycles. The van der Waals surface area contributed by atoms with Crippen LogP contribution in [0.2, 0.25) is 0 Å². The quantitative estimate of drug-likeness (QED) is 0.840. The van der Waals surface area contributed by atoms with Gasteiger partial charge in [0.2, 0.25) is 0 Å². The molecule has 0 fully saturated rings. The number of nitrogens with two attached hydrogens (primary N) is 1. The van der Waals surface area contributed by atoms with Crippen molar-refractivity contribution >= 4 is 21.8 Å². The fourth-order valence-corrected chi connectivity index (χ4v) is 1.87. The monoisotopic (exact) mass is 273 g/mol. The van der Waals surface area contributed by atoms with Gasteiger partial charge in [-0.2, -0.15) is 0 Å². The van der Waals surface area contributed by atoms with Crippen LogP contribution in [0, 0.1) is 5.82 Å². The van der Waals surface area contributed by atoms with Gasteiger partial charge in [-0.1, -0.05) is 20.8 Å². The van der Waals surface area contributed by atoms with Crippen molar-refractivity contribution in [1.29, 1.82) is 0 Å².